The van der Waals surface area contributed by atoms with E-state index in [-0.39, 0.29) is 11.5 Å². The molecule has 0 saturated heterocycles. The maximum absolute atomic E-state index is 10.9. The van der Waals surface area contributed by atoms with Gasteiger partial charge in [-0.1, -0.05) is 37.3 Å². The van der Waals surface area contributed by atoms with Gasteiger partial charge in [-0.05, 0) is 5.56 Å². The molecule has 0 aliphatic carbocycles. The fourth-order valence-electron chi connectivity index (χ4n) is 1.50. The molecule has 0 spiro atoms. The van der Waals surface area contributed by atoms with Crippen molar-refractivity contribution in [3.05, 3.63) is 58.0 Å². The molecule has 1 unspecified atom stereocenters. The van der Waals surface area contributed by atoms with Gasteiger partial charge in [0.1, 0.15) is 0 Å². The summed E-state index contributed by atoms with van der Waals surface area (Å²) in [4.78, 5) is 10.9. The topological polar surface area (TPSA) is 48.6 Å². The van der Waals surface area contributed by atoms with E-state index in [2.05, 4.69) is 29.3 Å². The predicted molar refractivity (Wildman–Crippen MR) is 55.4 cm³/mol. The van der Waals surface area contributed by atoms with E-state index in [0.29, 0.717) is 0 Å². The molecule has 0 amide bonds. The van der Waals surface area contributed by atoms with Gasteiger partial charge in [0.15, 0.2) is 0 Å². The largest absolute Gasteiger partial charge is 0.302 e. The van der Waals surface area contributed by atoms with Crippen LogP contribution >= 0.6 is 0 Å². The van der Waals surface area contributed by atoms with E-state index in [9.17, 15) is 4.79 Å². The second kappa shape index (κ2) is 3.54. The summed E-state index contributed by atoms with van der Waals surface area (Å²) in [5.41, 5.74) is 2.03. The van der Waals surface area contributed by atoms with Crippen LogP contribution in [-0.4, -0.2) is 10.2 Å². The first-order valence-corrected chi connectivity index (χ1v) is 4.60. The molecule has 2 aromatic rings. The fourth-order valence-corrected chi connectivity index (χ4v) is 1.50. The van der Waals surface area contributed by atoms with Crippen LogP contribution in [0.5, 0.6) is 0 Å². The molecule has 0 aliphatic rings. The Morgan fingerprint density at radius 2 is 1.86 bits per heavy atom. The summed E-state index contributed by atoms with van der Waals surface area (Å²) in [6.07, 6.45) is 0. The number of rotatable bonds is 2. The summed E-state index contributed by atoms with van der Waals surface area (Å²) in [5.74, 6) is 0.218. The summed E-state index contributed by atoms with van der Waals surface area (Å²) < 4.78 is 0. The Hall–Kier alpha value is -1.77. The molecule has 2 N–H and O–H groups in total. The lowest BCUT2D eigenvalue weighted by Gasteiger charge is -2.08. The van der Waals surface area contributed by atoms with Gasteiger partial charge in [-0.3, -0.25) is 9.89 Å². The van der Waals surface area contributed by atoms with Crippen LogP contribution in [0.3, 0.4) is 0 Å². The van der Waals surface area contributed by atoms with E-state index in [1.54, 1.807) is 6.07 Å². The normalized spacial score (nSPS) is 12.6. The number of benzene rings is 1. The Bertz CT molecular complexity index is 455. The zero-order chi connectivity index (χ0) is 9.97. The Labute approximate surface area is 81.8 Å². The number of aromatic amines is 2. The van der Waals surface area contributed by atoms with Crippen LogP contribution in [0.15, 0.2) is 41.2 Å². The van der Waals surface area contributed by atoms with Crippen LogP contribution in [-0.2, 0) is 0 Å². The van der Waals surface area contributed by atoms with Gasteiger partial charge in [-0.25, -0.2) is 0 Å². The van der Waals surface area contributed by atoms with E-state index in [0.717, 1.165) is 5.69 Å². The number of hydrogen-bond donors (Lipinski definition) is 2. The molecule has 1 aromatic heterocycles. The third-order valence-electron chi connectivity index (χ3n) is 2.38. The van der Waals surface area contributed by atoms with Crippen molar-refractivity contribution in [2.45, 2.75) is 12.8 Å². The first-order valence-electron chi connectivity index (χ1n) is 4.60. The molecule has 72 valence electrons. The summed E-state index contributed by atoms with van der Waals surface area (Å²) in [7, 11) is 0. The Balaban J connectivity index is 2.33. The molecule has 1 heterocycles. The van der Waals surface area contributed by atoms with Crippen LogP contribution in [0.4, 0.5) is 0 Å². The van der Waals surface area contributed by atoms with Crippen molar-refractivity contribution in [2.24, 2.45) is 0 Å². The third kappa shape index (κ3) is 1.62. The van der Waals surface area contributed by atoms with Crippen molar-refractivity contribution in [1.29, 1.82) is 0 Å². The van der Waals surface area contributed by atoms with Crippen molar-refractivity contribution < 1.29 is 0 Å². The third-order valence-corrected chi connectivity index (χ3v) is 2.38. The highest BCUT2D eigenvalue weighted by molar-refractivity contribution is 5.26. The van der Waals surface area contributed by atoms with E-state index in [4.69, 9.17) is 0 Å². The van der Waals surface area contributed by atoms with Crippen molar-refractivity contribution in [1.82, 2.24) is 10.2 Å². The minimum Gasteiger partial charge on any atom is -0.302 e. The average Bonchev–Trinajstić information content (AvgIpc) is 2.65. The molecular weight excluding hydrogens is 176 g/mol. The second-order valence-electron chi connectivity index (χ2n) is 3.35. The zero-order valence-electron chi connectivity index (χ0n) is 7.95. The van der Waals surface area contributed by atoms with Crippen LogP contribution < -0.4 is 5.56 Å². The predicted octanol–water partition coefficient (Wildman–Crippen LogP) is 1.85. The minimum atomic E-state index is -0.0808. The highest BCUT2D eigenvalue weighted by Gasteiger charge is 2.09. The molecule has 3 nitrogen and oxygen atoms in total. The molecule has 1 atom stereocenters. The van der Waals surface area contributed by atoms with Crippen LogP contribution in [0.25, 0.3) is 0 Å². The van der Waals surface area contributed by atoms with Crippen molar-refractivity contribution in [2.75, 3.05) is 0 Å². The lowest BCUT2D eigenvalue weighted by atomic mass is 9.98. The highest BCUT2D eigenvalue weighted by atomic mass is 16.1. The van der Waals surface area contributed by atoms with Crippen molar-refractivity contribution in [3.63, 3.8) is 0 Å². The Morgan fingerprint density at radius 3 is 2.43 bits per heavy atom. The fraction of sp³-hybridized carbons (Fsp3) is 0.182. The molecule has 3 heteroatoms. The average molecular weight is 188 g/mol. The summed E-state index contributed by atoms with van der Waals surface area (Å²) >= 11 is 0. The molecule has 14 heavy (non-hydrogen) atoms. The van der Waals surface area contributed by atoms with Gasteiger partial charge in [0.25, 0.3) is 5.56 Å². The summed E-state index contributed by atoms with van der Waals surface area (Å²) in [6, 6.07) is 11.7. The van der Waals surface area contributed by atoms with Crippen LogP contribution in [0, 0.1) is 0 Å². The minimum absolute atomic E-state index is 0.0808. The van der Waals surface area contributed by atoms with Crippen molar-refractivity contribution >= 4 is 0 Å². The molecule has 1 aromatic carbocycles. The molecular formula is C11H12N2O. The first-order chi connectivity index (χ1) is 6.77. The highest BCUT2D eigenvalue weighted by Crippen LogP contribution is 2.20. The number of hydrogen-bond acceptors (Lipinski definition) is 1. The summed E-state index contributed by atoms with van der Waals surface area (Å²) in [6.45, 7) is 2.06. The lowest BCUT2D eigenvalue weighted by Crippen LogP contribution is -1.96. The summed E-state index contributed by atoms with van der Waals surface area (Å²) in [5, 5.41) is 5.40. The number of nitrogens with one attached hydrogen (secondary N) is 2. The maximum atomic E-state index is 10.9. The molecule has 2 rings (SSSR count). The molecule has 0 fully saturated rings. The number of H-pyrrole nitrogens is 2. The lowest BCUT2D eigenvalue weighted by molar-refractivity contribution is 0.852. The van der Waals surface area contributed by atoms with E-state index >= 15 is 0 Å². The van der Waals surface area contributed by atoms with Gasteiger partial charge in [-0.2, -0.15) is 0 Å². The monoisotopic (exact) mass is 188 g/mol. The van der Waals surface area contributed by atoms with Crippen LogP contribution in [0.2, 0.25) is 0 Å². The van der Waals surface area contributed by atoms with Gasteiger partial charge in [0, 0.05) is 17.7 Å². The van der Waals surface area contributed by atoms with Gasteiger partial charge < -0.3 is 5.10 Å². The van der Waals surface area contributed by atoms with Gasteiger partial charge in [0.2, 0.25) is 0 Å². The first kappa shape index (κ1) is 8.81. The van der Waals surface area contributed by atoms with Crippen LogP contribution in [0.1, 0.15) is 24.1 Å². The quantitative estimate of drug-likeness (QED) is 0.742. The van der Waals surface area contributed by atoms with Crippen molar-refractivity contribution in [3.8, 4) is 0 Å². The Kier molecular flexibility index (Phi) is 2.23. The van der Waals surface area contributed by atoms with Gasteiger partial charge in [-0.15, -0.1) is 0 Å². The maximum Gasteiger partial charge on any atom is 0.264 e. The van der Waals surface area contributed by atoms with Gasteiger partial charge >= 0.3 is 0 Å². The molecule has 0 radical (unpaired) electrons. The molecule has 0 bridgehead atoms. The number of aromatic nitrogens is 2. The molecule has 0 saturated carbocycles. The smallest absolute Gasteiger partial charge is 0.264 e. The van der Waals surface area contributed by atoms with E-state index in [1.165, 1.54) is 5.56 Å². The molecule has 0 aliphatic heterocycles. The Morgan fingerprint density at radius 1 is 1.14 bits per heavy atom. The standard InChI is InChI=1S/C11H12N2O/c1-8(9-5-3-2-4-6-9)10-7-11(14)13-12-10/h2-8H,1H3,(H2,12,13,14). The zero-order valence-corrected chi connectivity index (χ0v) is 7.95. The van der Waals surface area contributed by atoms with E-state index in [1.807, 2.05) is 18.2 Å². The second-order valence-corrected chi connectivity index (χ2v) is 3.35. The van der Waals surface area contributed by atoms with Gasteiger partial charge in [0.05, 0.1) is 0 Å². The van der Waals surface area contributed by atoms with E-state index < -0.39 is 0 Å². The SMILES string of the molecule is CC(c1ccccc1)c1cc(=O)[nH][nH]1.